The van der Waals surface area contributed by atoms with Crippen LogP contribution in [-0.4, -0.2) is 26.7 Å². The second-order valence-corrected chi connectivity index (χ2v) is 8.42. The number of phenolic OH excluding ortho intramolecular Hbond substituents is 1. The number of rotatable bonds is 5. The first-order valence-electron chi connectivity index (χ1n) is 8.81. The number of thioether (sulfide) groups is 1. The average molecular weight is 424 g/mol. The molecule has 0 radical (unpaired) electrons. The van der Waals surface area contributed by atoms with E-state index in [9.17, 15) is 14.7 Å². The fourth-order valence-electron chi connectivity index (χ4n) is 2.80. The molecule has 6 nitrogen and oxygen atoms in total. The van der Waals surface area contributed by atoms with Crippen molar-refractivity contribution in [2.45, 2.75) is 12.1 Å². The number of aromatic hydroxyl groups is 1. The summed E-state index contributed by atoms with van der Waals surface area (Å²) >= 11 is 2.58. The highest BCUT2D eigenvalue weighted by Gasteiger charge is 2.12. The van der Waals surface area contributed by atoms with Crippen molar-refractivity contribution < 1.29 is 9.90 Å². The van der Waals surface area contributed by atoms with Crippen LogP contribution < -0.4 is 10.9 Å². The molecule has 2 aromatic carbocycles. The number of aryl methyl sites for hydroxylation is 1. The molecule has 0 saturated carbocycles. The zero-order valence-corrected chi connectivity index (χ0v) is 17.1. The van der Waals surface area contributed by atoms with Crippen LogP contribution in [0, 0.1) is 6.92 Å². The molecule has 0 spiro atoms. The van der Waals surface area contributed by atoms with Crippen LogP contribution >= 0.6 is 23.1 Å². The van der Waals surface area contributed by atoms with Gasteiger partial charge in [-0.3, -0.25) is 9.59 Å². The fraction of sp³-hybridized carbons (Fsp3) is 0.0952. The van der Waals surface area contributed by atoms with E-state index in [1.54, 1.807) is 12.1 Å². The van der Waals surface area contributed by atoms with Crippen molar-refractivity contribution in [3.63, 3.8) is 0 Å². The first-order chi connectivity index (χ1) is 14.0. The van der Waals surface area contributed by atoms with Gasteiger partial charge in [0.15, 0.2) is 5.16 Å². The van der Waals surface area contributed by atoms with E-state index < -0.39 is 0 Å². The summed E-state index contributed by atoms with van der Waals surface area (Å²) in [6, 6.07) is 16.6. The Labute approximate surface area is 174 Å². The molecule has 0 atom stereocenters. The molecule has 0 bridgehead atoms. The molecule has 2 aromatic heterocycles. The third-order valence-electron chi connectivity index (χ3n) is 4.21. The van der Waals surface area contributed by atoms with Crippen LogP contribution in [0.25, 0.3) is 20.7 Å². The molecule has 4 aromatic rings. The van der Waals surface area contributed by atoms with Crippen LogP contribution in [0.3, 0.4) is 0 Å². The Hall–Kier alpha value is -3.10. The highest BCUT2D eigenvalue weighted by atomic mass is 32.2. The number of carbonyl (C=O) groups is 1. The van der Waals surface area contributed by atoms with Crippen LogP contribution in [0.4, 0.5) is 5.69 Å². The van der Waals surface area contributed by atoms with Gasteiger partial charge in [0.25, 0.3) is 5.56 Å². The summed E-state index contributed by atoms with van der Waals surface area (Å²) < 4.78 is 0. The maximum absolute atomic E-state index is 12.4. The second-order valence-electron chi connectivity index (χ2n) is 6.42. The smallest absolute Gasteiger partial charge is 0.260 e. The van der Waals surface area contributed by atoms with Crippen molar-refractivity contribution in [3.05, 3.63) is 70.5 Å². The third-order valence-corrected chi connectivity index (χ3v) is 6.16. The highest BCUT2D eigenvalue weighted by Crippen LogP contribution is 2.31. The van der Waals surface area contributed by atoms with E-state index in [2.05, 4.69) is 15.3 Å². The quantitative estimate of drug-likeness (QED) is 0.251. The van der Waals surface area contributed by atoms with Gasteiger partial charge in [0.1, 0.15) is 10.6 Å². The van der Waals surface area contributed by atoms with Crippen molar-refractivity contribution in [2.24, 2.45) is 0 Å². The van der Waals surface area contributed by atoms with Crippen LogP contribution in [0.1, 0.15) is 5.56 Å². The minimum Gasteiger partial charge on any atom is -0.506 e. The third kappa shape index (κ3) is 4.33. The molecule has 1 amide bonds. The lowest BCUT2D eigenvalue weighted by atomic mass is 10.2. The van der Waals surface area contributed by atoms with Gasteiger partial charge in [0.2, 0.25) is 5.91 Å². The van der Waals surface area contributed by atoms with Gasteiger partial charge < -0.3 is 15.4 Å². The lowest BCUT2D eigenvalue weighted by Crippen LogP contribution is -2.15. The second kappa shape index (κ2) is 8.10. The molecule has 8 heteroatoms. The average Bonchev–Trinajstić information content (AvgIpc) is 3.15. The summed E-state index contributed by atoms with van der Waals surface area (Å²) in [6.45, 7) is 1.87. The number of thiophene rings is 1. The standard InChI is InChI=1S/C21H17N3O3S2/c1-12-7-8-16(25)15(9-12)22-18(26)11-28-21-23-19(27)14-10-17(29-20(14)24-21)13-5-3-2-4-6-13/h2-10,25H,11H2,1H3,(H,22,26)(H,23,24,27). The molecule has 4 rings (SSSR count). The molecule has 0 aliphatic carbocycles. The zero-order valence-electron chi connectivity index (χ0n) is 15.4. The molecule has 0 fully saturated rings. The summed E-state index contributed by atoms with van der Waals surface area (Å²) in [7, 11) is 0. The zero-order chi connectivity index (χ0) is 20.4. The van der Waals surface area contributed by atoms with Gasteiger partial charge in [0, 0.05) is 4.88 Å². The summed E-state index contributed by atoms with van der Waals surface area (Å²) in [6.07, 6.45) is 0. The number of hydrogen-bond acceptors (Lipinski definition) is 6. The number of nitrogens with one attached hydrogen (secondary N) is 2. The number of aromatic amines is 1. The lowest BCUT2D eigenvalue weighted by molar-refractivity contribution is -0.113. The molecule has 29 heavy (non-hydrogen) atoms. The number of carbonyl (C=O) groups excluding carboxylic acids is 1. The van der Waals surface area contributed by atoms with E-state index in [1.165, 1.54) is 17.4 Å². The van der Waals surface area contributed by atoms with Gasteiger partial charge in [-0.1, -0.05) is 48.2 Å². The van der Waals surface area contributed by atoms with Crippen LogP contribution in [0.2, 0.25) is 0 Å². The molecule has 146 valence electrons. The van der Waals surface area contributed by atoms with E-state index >= 15 is 0 Å². The van der Waals surface area contributed by atoms with E-state index in [-0.39, 0.29) is 23.0 Å². The van der Waals surface area contributed by atoms with E-state index in [4.69, 9.17) is 0 Å². The fourth-order valence-corrected chi connectivity index (χ4v) is 4.55. The molecule has 0 aliphatic rings. The molecular formula is C21H17N3O3S2. The van der Waals surface area contributed by atoms with E-state index in [1.807, 2.05) is 43.3 Å². The van der Waals surface area contributed by atoms with Crippen molar-refractivity contribution in [3.8, 4) is 16.2 Å². The van der Waals surface area contributed by atoms with Crippen LogP contribution in [0.15, 0.2) is 64.5 Å². The number of phenols is 1. The van der Waals surface area contributed by atoms with Crippen molar-refractivity contribution in [2.75, 3.05) is 11.1 Å². The Morgan fingerprint density at radius 1 is 1.21 bits per heavy atom. The van der Waals surface area contributed by atoms with Crippen molar-refractivity contribution >= 4 is 44.9 Å². The number of aromatic nitrogens is 2. The van der Waals surface area contributed by atoms with Crippen molar-refractivity contribution in [1.82, 2.24) is 9.97 Å². The summed E-state index contributed by atoms with van der Waals surface area (Å²) in [5.74, 6) is -0.234. The van der Waals surface area contributed by atoms with Crippen molar-refractivity contribution in [1.29, 1.82) is 0 Å². The van der Waals surface area contributed by atoms with Gasteiger partial charge in [-0.25, -0.2) is 4.98 Å². The number of H-pyrrole nitrogens is 1. The first kappa shape index (κ1) is 19.2. The van der Waals surface area contributed by atoms with Gasteiger partial charge >= 0.3 is 0 Å². The Kier molecular flexibility index (Phi) is 5.37. The number of hydrogen-bond donors (Lipinski definition) is 3. The minimum absolute atomic E-state index is 0.00827. The normalized spacial score (nSPS) is 10.9. The Morgan fingerprint density at radius 2 is 2.00 bits per heavy atom. The Morgan fingerprint density at radius 3 is 2.79 bits per heavy atom. The van der Waals surface area contributed by atoms with Gasteiger partial charge in [-0.2, -0.15) is 0 Å². The number of nitrogens with zero attached hydrogens (tertiary/aromatic N) is 1. The predicted molar refractivity (Wildman–Crippen MR) is 118 cm³/mol. The summed E-state index contributed by atoms with van der Waals surface area (Å²) in [5.41, 5.74) is 2.08. The van der Waals surface area contributed by atoms with Gasteiger partial charge in [-0.05, 0) is 36.2 Å². The number of amides is 1. The van der Waals surface area contributed by atoms with E-state index in [0.717, 1.165) is 27.8 Å². The molecular weight excluding hydrogens is 406 g/mol. The minimum atomic E-state index is -0.296. The highest BCUT2D eigenvalue weighted by molar-refractivity contribution is 7.99. The number of fused-ring (bicyclic) bond motifs is 1. The van der Waals surface area contributed by atoms with Crippen LogP contribution in [-0.2, 0) is 4.79 Å². The van der Waals surface area contributed by atoms with Crippen LogP contribution in [0.5, 0.6) is 5.75 Å². The monoisotopic (exact) mass is 423 g/mol. The maximum Gasteiger partial charge on any atom is 0.260 e. The van der Waals surface area contributed by atoms with Gasteiger partial charge in [-0.15, -0.1) is 11.3 Å². The maximum atomic E-state index is 12.4. The summed E-state index contributed by atoms with van der Waals surface area (Å²) in [4.78, 5) is 33.5. The predicted octanol–water partition coefficient (Wildman–Crippen LogP) is 4.40. The van der Waals surface area contributed by atoms with Gasteiger partial charge in [0.05, 0.1) is 16.8 Å². The molecule has 2 heterocycles. The van der Waals surface area contributed by atoms with E-state index in [0.29, 0.717) is 21.1 Å². The first-order valence-corrected chi connectivity index (χ1v) is 10.6. The molecule has 3 N–H and O–H groups in total. The molecule has 0 unspecified atom stereocenters. The largest absolute Gasteiger partial charge is 0.506 e. The Balaban J connectivity index is 1.50. The SMILES string of the molecule is Cc1ccc(O)c(NC(=O)CSc2nc3sc(-c4ccccc4)cc3c(=O)[nH]2)c1. The lowest BCUT2D eigenvalue weighted by Gasteiger charge is -2.07. The Bertz CT molecular complexity index is 1250. The number of anilines is 1. The number of benzene rings is 2. The molecule has 0 saturated heterocycles. The summed E-state index contributed by atoms with van der Waals surface area (Å²) in [5, 5.41) is 13.4. The molecule has 0 aliphatic heterocycles. The topological polar surface area (TPSA) is 95.1 Å².